The first-order chi connectivity index (χ1) is 16.2. The summed E-state index contributed by atoms with van der Waals surface area (Å²) >= 11 is 4.97. The van der Waals surface area contributed by atoms with Crippen LogP contribution < -0.4 is 14.3 Å². The molecule has 0 N–H and O–H groups in total. The zero-order chi connectivity index (χ0) is 24.7. The third kappa shape index (κ3) is 6.91. The third-order valence-corrected chi connectivity index (χ3v) is 5.66. The third-order valence-electron chi connectivity index (χ3n) is 4.27. The monoisotopic (exact) mass is 543 g/mol. The number of rotatable bonds is 7. The number of halogens is 1. The quantitative estimate of drug-likeness (QED) is 0.152. The fourth-order valence-electron chi connectivity index (χ4n) is 2.81. The van der Waals surface area contributed by atoms with Crippen LogP contribution in [0.4, 0.5) is 4.79 Å². The summed E-state index contributed by atoms with van der Waals surface area (Å²) in [5, 5.41) is 6.69. The average Bonchev–Trinajstić information content (AvgIpc) is 3.18. The first-order valence-electron chi connectivity index (χ1n) is 10.4. The van der Waals surface area contributed by atoms with Crippen LogP contribution in [0.15, 0.2) is 75.1 Å². The number of ether oxygens (including phenoxy) is 3. The van der Waals surface area contributed by atoms with Crippen LogP contribution in [0.25, 0.3) is 11.3 Å². The molecule has 7 nitrogen and oxygen atoms in total. The van der Waals surface area contributed by atoms with Crippen molar-refractivity contribution >= 4 is 39.6 Å². The molecule has 1 aromatic heterocycles. The van der Waals surface area contributed by atoms with Crippen molar-refractivity contribution < 1.29 is 19.0 Å². The van der Waals surface area contributed by atoms with Crippen molar-refractivity contribution in [3.63, 3.8) is 0 Å². The molecule has 0 saturated heterocycles. The highest BCUT2D eigenvalue weighted by Crippen LogP contribution is 2.29. The van der Waals surface area contributed by atoms with Gasteiger partial charge in [-0.15, -0.1) is 17.9 Å². The van der Waals surface area contributed by atoms with Gasteiger partial charge in [-0.05, 0) is 56.7 Å². The van der Waals surface area contributed by atoms with Crippen molar-refractivity contribution in [1.82, 2.24) is 4.68 Å². The van der Waals surface area contributed by atoms with Crippen LogP contribution in [0.2, 0.25) is 0 Å². The fraction of sp³-hybridized carbons (Fsp3) is 0.240. The highest BCUT2D eigenvalue weighted by Gasteiger charge is 2.19. The van der Waals surface area contributed by atoms with Crippen LogP contribution in [-0.2, 0) is 4.74 Å². The zero-order valence-electron chi connectivity index (χ0n) is 19.4. The molecule has 0 amide bonds. The number of methoxy groups -OCH3 is 1. The van der Waals surface area contributed by atoms with E-state index in [2.05, 4.69) is 32.6 Å². The van der Waals surface area contributed by atoms with Gasteiger partial charge in [-0.2, -0.15) is 5.10 Å². The van der Waals surface area contributed by atoms with E-state index in [1.165, 1.54) is 18.4 Å². The van der Waals surface area contributed by atoms with E-state index < -0.39 is 11.8 Å². The standard InChI is InChI=1S/C25H26BrN3O4S/c1-6-13-27-23-29(20(16-34-23)18-8-10-19(26)11-9-18)28-15-17-7-12-21(22(14-17)31-5)32-24(30)33-25(2,3)4/h6-12,14-16H,1,13H2,2-5H3. The van der Waals surface area contributed by atoms with Gasteiger partial charge in [0.05, 0.1) is 25.6 Å². The molecule has 0 aliphatic carbocycles. The minimum absolute atomic E-state index is 0.259. The van der Waals surface area contributed by atoms with Gasteiger partial charge in [0, 0.05) is 15.4 Å². The molecule has 1 heterocycles. The van der Waals surface area contributed by atoms with E-state index in [0.29, 0.717) is 12.3 Å². The van der Waals surface area contributed by atoms with Crippen molar-refractivity contribution in [2.45, 2.75) is 26.4 Å². The van der Waals surface area contributed by atoms with Crippen molar-refractivity contribution in [3.8, 4) is 22.8 Å². The van der Waals surface area contributed by atoms with Gasteiger partial charge in [0.15, 0.2) is 11.5 Å². The van der Waals surface area contributed by atoms with E-state index in [1.807, 2.05) is 29.6 Å². The molecule has 178 valence electrons. The number of carbonyl (C=O) groups is 1. The molecule has 0 bridgehead atoms. The summed E-state index contributed by atoms with van der Waals surface area (Å²) in [6.07, 6.45) is 2.64. The topological polar surface area (TPSA) is 74.4 Å². The SMILES string of the molecule is C=CCN=c1scc(-c2ccc(Br)cc2)n1N=Cc1ccc(OC(=O)OC(C)(C)C)c(OC)c1. The van der Waals surface area contributed by atoms with Gasteiger partial charge in [0.2, 0.25) is 4.80 Å². The van der Waals surface area contributed by atoms with Crippen molar-refractivity contribution in [3.05, 3.63) is 75.3 Å². The molecule has 0 saturated carbocycles. The lowest BCUT2D eigenvalue weighted by atomic mass is 10.2. The maximum absolute atomic E-state index is 12.0. The molecular weight excluding hydrogens is 518 g/mol. The fourth-order valence-corrected chi connectivity index (χ4v) is 3.93. The zero-order valence-corrected chi connectivity index (χ0v) is 21.9. The van der Waals surface area contributed by atoms with Gasteiger partial charge < -0.3 is 14.2 Å². The number of carbonyl (C=O) groups excluding carboxylic acids is 1. The van der Waals surface area contributed by atoms with Gasteiger partial charge in [0.1, 0.15) is 5.60 Å². The number of benzene rings is 2. The van der Waals surface area contributed by atoms with E-state index >= 15 is 0 Å². The van der Waals surface area contributed by atoms with E-state index in [-0.39, 0.29) is 5.75 Å². The summed E-state index contributed by atoms with van der Waals surface area (Å²) < 4.78 is 18.7. The van der Waals surface area contributed by atoms with E-state index in [0.717, 1.165) is 26.1 Å². The Morgan fingerprint density at radius 3 is 2.56 bits per heavy atom. The lowest BCUT2D eigenvalue weighted by Gasteiger charge is -2.19. The molecule has 34 heavy (non-hydrogen) atoms. The highest BCUT2D eigenvalue weighted by atomic mass is 79.9. The molecule has 0 aliphatic heterocycles. The van der Waals surface area contributed by atoms with E-state index in [1.54, 1.807) is 55.9 Å². The Kier molecular flexibility index (Phi) is 8.46. The Morgan fingerprint density at radius 2 is 1.91 bits per heavy atom. The van der Waals surface area contributed by atoms with Gasteiger partial charge in [-0.25, -0.2) is 9.47 Å². The summed E-state index contributed by atoms with van der Waals surface area (Å²) in [6.45, 7) is 9.53. The smallest absolute Gasteiger partial charge is 0.493 e. The largest absolute Gasteiger partial charge is 0.514 e. The summed E-state index contributed by atoms with van der Waals surface area (Å²) in [5.41, 5.74) is 2.02. The molecule has 0 aliphatic rings. The normalized spacial score (nSPS) is 12.1. The summed E-state index contributed by atoms with van der Waals surface area (Å²) in [4.78, 5) is 17.3. The molecule has 2 aromatic carbocycles. The van der Waals surface area contributed by atoms with Gasteiger partial charge in [0.25, 0.3) is 0 Å². The molecule has 9 heteroatoms. The molecular formula is C25H26BrN3O4S. The van der Waals surface area contributed by atoms with Crippen LogP contribution in [0.1, 0.15) is 26.3 Å². The molecule has 0 atom stereocenters. The Balaban J connectivity index is 1.92. The molecule has 3 aromatic rings. The average molecular weight is 544 g/mol. The van der Waals surface area contributed by atoms with Gasteiger partial charge in [-0.3, -0.25) is 4.99 Å². The van der Waals surface area contributed by atoms with E-state index in [4.69, 9.17) is 14.2 Å². The minimum atomic E-state index is -0.798. The van der Waals surface area contributed by atoms with Crippen LogP contribution in [0, 0.1) is 0 Å². The maximum atomic E-state index is 12.0. The van der Waals surface area contributed by atoms with Crippen LogP contribution in [0.5, 0.6) is 11.5 Å². The second-order valence-corrected chi connectivity index (χ2v) is 9.83. The minimum Gasteiger partial charge on any atom is -0.493 e. The second-order valence-electron chi connectivity index (χ2n) is 8.07. The second kappa shape index (κ2) is 11.3. The predicted molar refractivity (Wildman–Crippen MR) is 139 cm³/mol. The number of hydrogen-bond acceptors (Lipinski definition) is 7. The summed E-state index contributed by atoms with van der Waals surface area (Å²) in [6, 6.07) is 13.1. The number of aromatic nitrogens is 1. The Morgan fingerprint density at radius 1 is 1.18 bits per heavy atom. The predicted octanol–water partition coefficient (Wildman–Crippen LogP) is 6.27. The molecule has 0 unspecified atom stereocenters. The Bertz CT molecular complexity index is 1250. The molecule has 0 spiro atoms. The van der Waals surface area contributed by atoms with Crippen LogP contribution in [0.3, 0.4) is 0 Å². The number of hydrogen-bond donors (Lipinski definition) is 0. The van der Waals surface area contributed by atoms with Crippen molar-refractivity contribution in [2.75, 3.05) is 13.7 Å². The Hall–Kier alpha value is -3.17. The lowest BCUT2D eigenvalue weighted by molar-refractivity contribution is 0.0201. The summed E-state index contributed by atoms with van der Waals surface area (Å²) in [5.74, 6) is 0.643. The lowest BCUT2D eigenvalue weighted by Crippen LogP contribution is -2.26. The Labute approximate surface area is 211 Å². The maximum Gasteiger partial charge on any atom is 0.514 e. The van der Waals surface area contributed by atoms with Gasteiger partial charge in [-0.1, -0.05) is 34.1 Å². The first kappa shape index (κ1) is 25.5. The van der Waals surface area contributed by atoms with Gasteiger partial charge >= 0.3 is 6.16 Å². The first-order valence-corrected chi connectivity index (χ1v) is 12.1. The van der Waals surface area contributed by atoms with Crippen molar-refractivity contribution in [1.29, 1.82) is 0 Å². The molecule has 0 fully saturated rings. The number of nitrogens with zero attached hydrogens (tertiary/aromatic N) is 3. The highest BCUT2D eigenvalue weighted by molar-refractivity contribution is 9.10. The summed E-state index contributed by atoms with van der Waals surface area (Å²) in [7, 11) is 1.50. The number of thiazole rings is 1. The molecule has 0 radical (unpaired) electrons. The van der Waals surface area contributed by atoms with Crippen LogP contribution in [-0.4, -0.2) is 36.3 Å². The van der Waals surface area contributed by atoms with Crippen LogP contribution >= 0.6 is 27.3 Å². The molecule has 3 rings (SSSR count). The van der Waals surface area contributed by atoms with E-state index in [9.17, 15) is 4.79 Å². The van der Waals surface area contributed by atoms with Crippen molar-refractivity contribution in [2.24, 2.45) is 10.1 Å².